The Kier molecular flexibility index (Phi) is 6.64. The third kappa shape index (κ3) is 6.12. The Morgan fingerprint density at radius 3 is 2.62 bits per heavy atom. The quantitative estimate of drug-likeness (QED) is 0.730. The minimum absolute atomic E-state index is 0.0455. The molecule has 1 amide bonds. The number of morpholine rings is 1. The van der Waals surface area contributed by atoms with Gasteiger partial charge in [0.2, 0.25) is 0 Å². The maximum absolute atomic E-state index is 12.8. The van der Waals surface area contributed by atoms with Crippen molar-refractivity contribution in [3.63, 3.8) is 0 Å². The fraction of sp³-hybridized carbons (Fsp3) is 0.381. The summed E-state index contributed by atoms with van der Waals surface area (Å²) in [6, 6.07) is 12.1. The largest absolute Gasteiger partial charge is 0.491 e. The molecule has 1 aliphatic rings. The fourth-order valence-corrected chi connectivity index (χ4v) is 2.87. The van der Waals surface area contributed by atoms with E-state index in [4.69, 9.17) is 14.2 Å². The van der Waals surface area contributed by atoms with Crippen LogP contribution in [0.5, 0.6) is 11.5 Å². The van der Waals surface area contributed by atoms with E-state index in [-0.39, 0.29) is 31.4 Å². The van der Waals surface area contributed by atoms with Crippen molar-refractivity contribution in [3.05, 3.63) is 59.7 Å². The van der Waals surface area contributed by atoms with Crippen LogP contribution in [0.25, 0.3) is 0 Å². The zero-order valence-corrected chi connectivity index (χ0v) is 15.9. The van der Waals surface area contributed by atoms with E-state index in [1.165, 1.54) is 12.1 Å². The monoisotopic (exact) mass is 409 g/mol. The average molecular weight is 409 g/mol. The molecule has 1 atom stereocenters. The molecule has 1 unspecified atom stereocenters. The van der Waals surface area contributed by atoms with Gasteiger partial charge in [-0.1, -0.05) is 23.8 Å². The third-order valence-corrected chi connectivity index (χ3v) is 4.47. The molecule has 0 saturated carbocycles. The highest BCUT2D eigenvalue weighted by Gasteiger charge is 2.31. The molecule has 5 nitrogen and oxygen atoms in total. The summed E-state index contributed by atoms with van der Waals surface area (Å²) in [6.07, 6.45) is -4.86. The SMILES string of the molecule is Cc1ccc(OCC(=O)N2CCOC(COc3cccc(C(F)(F)F)c3)C2)cc1. The molecule has 3 rings (SSSR count). The summed E-state index contributed by atoms with van der Waals surface area (Å²) < 4.78 is 54.9. The van der Waals surface area contributed by atoms with Crippen molar-refractivity contribution >= 4 is 5.91 Å². The van der Waals surface area contributed by atoms with Crippen LogP contribution in [0.1, 0.15) is 11.1 Å². The van der Waals surface area contributed by atoms with Crippen LogP contribution >= 0.6 is 0 Å². The Labute approximate surface area is 167 Å². The highest BCUT2D eigenvalue weighted by atomic mass is 19.4. The molecule has 0 radical (unpaired) electrons. The first kappa shape index (κ1) is 21.0. The first-order valence-electron chi connectivity index (χ1n) is 9.20. The van der Waals surface area contributed by atoms with Gasteiger partial charge in [-0.05, 0) is 37.3 Å². The Morgan fingerprint density at radius 2 is 1.90 bits per heavy atom. The van der Waals surface area contributed by atoms with Crippen LogP contribution in [0, 0.1) is 6.92 Å². The summed E-state index contributed by atoms with van der Waals surface area (Å²) in [4.78, 5) is 14.0. The molecule has 0 bridgehead atoms. The van der Waals surface area contributed by atoms with Crippen molar-refractivity contribution in [2.24, 2.45) is 0 Å². The number of carbonyl (C=O) groups excluding carboxylic acids is 1. The number of alkyl halides is 3. The van der Waals surface area contributed by atoms with Gasteiger partial charge in [0.25, 0.3) is 5.91 Å². The average Bonchev–Trinajstić information content (AvgIpc) is 2.71. The molecule has 0 aliphatic carbocycles. The molecule has 1 fully saturated rings. The second-order valence-corrected chi connectivity index (χ2v) is 6.77. The summed E-state index contributed by atoms with van der Waals surface area (Å²) in [5.74, 6) is 0.536. The summed E-state index contributed by atoms with van der Waals surface area (Å²) in [7, 11) is 0. The number of carbonyl (C=O) groups is 1. The molecule has 1 heterocycles. The van der Waals surface area contributed by atoms with Crippen LogP contribution in [-0.4, -0.2) is 49.8 Å². The van der Waals surface area contributed by atoms with Crippen molar-refractivity contribution in [2.45, 2.75) is 19.2 Å². The Bertz CT molecular complexity index is 823. The van der Waals surface area contributed by atoms with E-state index < -0.39 is 17.8 Å². The van der Waals surface area contributed by atoms with Gasteiger partial charge >= 0.3 is 6.18 Å². The summed E-state index contributed by atoms with van der Waals surface area (Å²) in [5.41, 5.74) is 0.324. The van der Waals surface area contributed by atoms with Gasteiger partial charge in [0.15, 0.2) is 6.61 Å². The highest BCUT2D eigenvalue weighted by Crippen LogP contribution is 2.31. The van der Waals surface area contributed by atoms with E-state index >= 15 is 0 Å². The molecule has 0 aromatic heterocycles. The van der Waals surface area contributed by atoms with Gasteiger partial charge in [-0.3, -0.25) is 4.79 Å². The lowest BCUT2D eigenvalue weighted by Crippen LogP contribution is -2.49. The number of hydrogen-bond donors (Lipinski definition) is 0. The van der Waals surface area contributed by atoms with E-state index in [9.17, 15) is 18.0 Å². The van der Waals surface area contributed by atoms with Crippen LogP contribution in [0.15, 0.2) is 48.5 Å². The van der Waals surface area contributed by atoms with E-state index in [1.807, 2.05) is 19.1 Å². The molecule has 1 aliphatic heterocycles. The van der Waals surface area contributed by atoms with Crippen LogP contribution in [0.2, 0.25) is 0 Å². The molecule has 156 valence electrons. The molecule has 0 N–H and O–H groups in total. The number of benzene rings is 2. The number of nitrogens with zero attached hydrogens (tertiary/aromatic N) is 1. The fourth-order valence-electron chi connectivity index (χ4n) is 2.87. The predicted octanol–water partition coefficient (Wildman–Crippen LogP) is 3.70. The van der Waals surface area contributed by atoms with Crippen LogP contribution in [0.3, 0.4) is 0 Å². The third-order valence-electron chi connectivity index (χ3n) is 4.47. The smallest absolute Gasteiger partial charge is 0.416 e. The zero-order valence-electron chi connectivity index (χ0n) is 15.9. The Hall–Kier alpha value is -2.74. The molecule has 2 aromatic rings. The van der Waals surface area contributed by atoms with Crippen molar-refractivity contribution < 1.29 is 32.2 Å². The minimum Gasteiger partial charge on any atom is -0.491 e. The van der Waals surface area contributed by atoms with Crippen molar-refractivity contribution in [1.82, 2.24) is 4.90 Å². The van der Waals surface area contributed by atoms with Gasteiger partial charge in [-0.2, -0.15) is 13.2 Å². The highest BCUT2D eigenvalue weighted by molar-refractivity contribution is 5.77. The Balaban J connectivity index is 1.48. The number of hydrogen-bond acceptors (Lipinski definition) is 4. The second kappa shape index (κ2) is 9.17. The van der Waals surface area contributed by atoms with Gasteiger partial charge in [0.05, 0.1) is 18.7 Å². The topological polar surface area (TPSA) is 48.0 Å². The van der Waals surface area contributed by atoms with Crippen LogP contribution in [0.4, 0.5) is 13.2 Å². The normalized spacial score (nSPS) is 17.1. The van der Waals surface area contributed by atoms with Gasteiger partial charge in [-0.15, -0.1) is 0 Å². The lowest BCUT2D eigenvalue weighted by Gasteiger charge is -2.32. The number of ether oxygens (including phenoxy) is 3. The lowest BCUT2D eigenvalue weighted by molar-refractivity contribution is -0.142. The molecular weight excluding hydrogens is 387 g/mol. The maximum Gasteiger partial charge on any atom is 0.416 e. The van der Waals surface area contributed by atoms with Gasteiger partial charge in [0, 0.05) is 6.54 Å². The van der Waals surface area contributed by atoms with Crippen molar-refractivity contribution in [1.29, 1.82) is 0 Å². The molecule has 0 spiro atoms. The number of halogens is 3. The summed E-state index contributed by atoms with van der Waals surface area (Å²) in [5, 5.41) is 0. The second-order valence-electron chi connectivity index (χ2n) is 6.77. The summed E-state index contributed by atoms with van der Waals surface area (Å²) >= 11 is 0. The maximum atomic E-state index is 12.8. The van der Waals surface area contributed by atoms with E-state index in [1.54, 1.807) is 17.0 Å². The van der Waals surface area contributed by atoms with E-state index in [2.05, 4.69) is 0 Å². The summed E-state index contributed by atoms with van der Waals surface area (Å²) in [6.45, 7) is 2.95. The van der Waals surface area contributed by atoms with Gasteiger partial charge in [0.1, 0.15) is 24.2 Å². The zero-order chi connectivity index (χ0) is 20.9. The Morgan fingerprint density at radius 1 is 1.14 bits per heavy atom. The van der Waals surface area contributed by atoms with Gasteiger partial charge < -0.3 is 19.1 Å². The standard InChI is InChI=1S/C21H22F3NO4/c1-15-5-7-17(8-6-15)29-14-20(26)25-9-10-27-19(12-25)13-28-18-4-2-3-16(11-18)21(22,23)24/h2-8,11,19H,9-10,12-14H2,1H3. The van der Waals surface area contributed by atoms with Gasteiger partial charge in [-0.25, -0.2) is 0 Å². The molecule has 1 saturated heterocycles. The minimum atomic E-state index is -4.43. The van der Waals surface area contributed by atoms with E-state index in [0.717, 1.165) is 17.7 Å². The van der Waals surface area contributed by atoms with Crippen LogP contribution in [-0.2, 0) is 15.7 Å². The van der Waals surface area contributed by atoms with E-state index in [0.29, 0.717) is 18.9 Å². The first-order chi connectivity index (χ1) is 13.8. The number of rotatable bonds is 6. The molecule has 29 heavy (non-hydrogen) atoms. The predicted molar refractivity (Wildman–Crippen MR) is 99.9 cm³/mol. The molecule has 8 heteroatoms. The lowest BCUT2D eigenvalue weighted by atomic mass is 10.2. The number of amides is 1. The first-order valence-corrected chi connectivity index (χ1v) is 9.20. The van der Waals surface area contributed by atoms with Crippen molar-refractivity contribution in [3.8, 4) is 11.5 Å². The number of aryl methyl sites for hydroxylation is 1. The molecule has 2 aromatic carbocycles. The van der Waals surface area contributed by atoms with Crippen molar-refractivity contribution in [2.75, 3.05) is 32.9 Å². The molecular formula is C21H22F3NO4. The van der Waals surface area contributed by atoms with Crippen LogP contribution < -0.4 is 9.47 Å².